The average molecular weight is 1570 g/mol. The number of imide groups is 2. The summed E-state index contributed by atoms with van der Waals surface area (Å²) >= 11 is 5.06. The Hall–Kier alpha value is -9.96. The number of tetrazole rings is 2. The van der Waals surface area contributed by atoms with E-state index < -0.39 is 142 Å². The van der Waals surface area contributed by atoms with E-state index in [4.69, 9.17) is 23.7 Å². The largest absolute Gasteiger partial charge is 0.480 e. The number of carboxylic acid groups (broad SMARTS) is 2. The number of ether oxygens (including phenoxy) is 5. The van der Waals surface area contributed by atoms with Crippen molar-refractivity contribution in [2.45, 2.75) is 89.8 Å². The first-order chi connectivity index (χ1) is 51.5. The zero-order valence-corrected chi connectivity index (χ0v) is 61.3. The molecule has 6 aliphatic heterocycles. The Morgan fingerprint density at radius 3 is 1.46 bits per heavy atom. The van der Waals surface area contributed by atoms with Gasteiger partial charge >= 0.3 is 59.8 Å². The van der Waals surface area contributed by atoms with Gasteiger partial charge in [-0.15, -0.1) is 45.5 Å². The smallest absolute Gasteiger partial charge is 0.412 e. The summed E-state index contributed by atoms with van der Waals surface area (Å²) in [7, 11) is 3.28. The van der Waals surface area contributed by atoms with Crippen LogP contribution in [0.25, 0.3) is 0 Å². The number of aliphatic carboxylic acids is 2. The van der Waals surface area contributed by atoms with Crippen LogP contribution in [0.3, 0.4) is 0 Å². The topological polar surface area (TPSA) is 504 Å². The number of likely N-dealkylation sites (N-methyl/N-ethyl adjacent to an activating group) is 2. The lowest BCUT2D eigenvalue weighted by Crippen LogP contribution is -2.76. The zero-order valence-electron chi connectivity index (χ0n) is 58.1. The fourth-order valence-electron chi connectivity index (χ4n) is 12.0. The van der Waals surface area contributed by atoms with E-state index in [1.807, 2.05) is 0 Å². The number of hydrogen-bond donors (Lipinski definition) is 8. The number of piperazine rings is 2. The van der Waals surface area contributed by atoms with Gasteiger partial charge in [0.05, 0.1) is 32.2 Å². The number of thioether (sulfide) groups is 4. The Bertz CT molecular complexity index is 3730. The number of hydrogen-bond acceptors (Lipinski definition) is 29. The molecule has 6 fully saturated rings. The molecular weight excluding hydrogens is 1490 g/mol. The van der Waals surface area contributed by atoms with Crippen molar-refractivity contribution in [1.29, 1.82) is 0 Å². The van der Waals surface area contributed by atoms with E-state index >= 15 is 0 Å². The third-order valence-electron chi connectivity index (χ3n) is 17.7. The van der Waals surface area contributed by atoms with Crippen molar-refractivity contribution in [2.24, 2.45) is 20.0 Å². The molecule has 41 nitrogen and oxygen atoms in total. The second-order valence-corrected chi connectivity index (χ2v) is 29.0. The number of fused-ring (bicyclic) bond motifs is 2. The fraction of sp³-hybridized carbons (Fsp3) is 0.548. The second-order valence-electron chi connectivity index (χ2n) is 24.5. The van der Waals surface area contributed by atoms with Gasteiger partial charge in [0.1, 0.15) is 58.5 Å². The Labute approximate surface area is 626 Å². The zero-order chi connectivity index (χ0) is 76.6. The number of urea groups is 2. The average Bonchev–Trinajstić information content (AvgIpc) is 1.24. The van der Waals surface area contributed by atoms with Crippen LogP contribution in [-0.4, -0.2) is 313 Å². The number of nitrogens with zero attached hydrogens (tertiary/aromatic N) is 14. The minimum absolute atomic E-state index is 0.0451. The number of carbonyl (C=O) groups excluding carboxylic acids is 12. The molecule has 6 aliphatic rings. The number of carboxylic acids is 2. The maximum atomic E-state index is 14.2. The lowest BCUT2D eigenvalue weighted by atomic mass is 9.94. The van der Waals surface area contributed by atoms with Gasteiger partial charge in [-0.25, -0.2) is 38.1 Å². The second kappa shape index (κ2) is 37.0. The molecule has 10 atom stereocenters. The molecule has 0 saturated carbocycles. The van der Waals surface area contributed by atoms with Crippen LogP contribution in [-0.2, 0) is 82.0 Å². The van der Waals surface area contributed by atoms with Crippen LogP contribution in [0.4, 0.5) is 19.2 Å². The Morgan fingerprint density at radius 2 is 1.02 bits per heavy atom. The van der Waals surface area contributed by atoms with Gasteiger partial charge in [-0.05, 0) is 82.9 Å². The number of aryl methyl sites for hydroxylation is 2. The summed E-state index contributed by atoms with van der Waals surface area (Å²) in [5.74, 6) is -8.33. The maximum Gasteiger partial charge on any atom is 0.412 e. The van der Waals surface area contributed by atoms with E-state index in [1.165, 1.54) is 125 Å². The number of benzene rings is 2. The van der Waals surface area contributed by atoms with Crippen molar-refractivity contribution in [1.82, 2.24) is 102 Å². The van der Waals surface area contributed by atoms with Crippen molar-refractivity contribution in [2.75, 3.05) is 109 Å². The molecule has 2 aromatic carbocycles. The normalized spacial score (nSPS) is 21.8. The molecule has 8 heterocycles. The molecule has 45 heteroatoms. The number of rotatable bonds is 34. The van der Waals surface area contributed by atoms with Crippen LogP contribution in [0.2, 0.25) is 0 Å². The minimum Gasteiger partial charge on any atom is -0.480 e. The highest BCUT2D eigenvalue weighted by Crippen LogP contribution is 2.44. The molecule has 0 aliphatic carbocycles. The molecule has 14 amide bonds. The predicted octanol–water partition coefficient (Wildman–Crippen LogP) is -2.26. The standard InChI is InChI=1S/C62H78N20O21S4/c1-5-77-19-21-79(52(89)50(77)87)58(95)67-40(46(83)65-42-48(85)81-44(56(91)92)35(29-105-54(42)81)30-107-60-70-72-74-76(60)4)33-9-13-36(14-10-33)102-61(97)63-17-7-23-99-25-27-101-28-26-100-24-8-18-64-62(98)103-37-15-11-34(12-16-37)41(68-59(96)80-22-20-78(6-2)51(88)53(80)90)47(84)66-43-49(86)82-45(57(93)94)38(31-106-55(43)82)104-32-39-69-71-73-75(39)3/h9-16,35,38,40-45,54-55H,5-8,17-32H2,1-4H3,(H,63,97)(H,64,98)(H,65,83)(H,66,84)(H,67,95)(H,68,96)(H,91,92)(H,93,94)/t35?,38?,40?,41?,42-,43-,44?,45?,54?,55?/m0/s1. The van der Waals surface area contributed by atoms with Crippen LogP contribution in [0, 0.1) is 5.92 Å². The van der Waals surface area contributed by atoms with Crippen LogP contribution in [0.15, 0.2) is 53.7 Å². The lowest BCUT2D eigenvalue weighted by Gasteiger charge is -2.54. The molecule has 0 spiro atoms. The maximum absolute atomic E-state index is 14.2. The van der Waals surface area contributed by atoms with Crippen LogP contribution >= 0.6 is 47.0 Å². The van der Waals surface area contributed by atoms with Gasteiger partial charge < -0.3 is 85.4 Å². The molecular formula is C62H78N20O21S4. The highest BCUT2D eigenvalue weighted by molar-refractivity contribution is 8.03. The van der Waals surface area contributed by atoms with Gasteiger partial charge in [-0.2, -0.15) is 0 Å². The Balaban J connectivity index is 0.602. The van der Waals surface area contributed by atoms with Crippen LogP contribution in [0.1, 0.15) is 55.7 Å². The third-order valence-corrected chi connectivity index (χ3v) is 23.2. The summed E-state index contributed by atoms with van der Waals surface area (Å²) in [6, 6.07) is 0.851. The van der Waals surface area contributed by atoms with E-state index in [0.29, 0.717) is 45.1 Å². The van der Waals surface area contributed by atoms with Gasteiger partial charge in [-0.3, -0.25) is 48.2 Å². The van der Waals surface area contributed by atoms with Crippen molar-refractivity contribution in [3.05, 3.63) is 65.5 Å². The van der Waals surface area contributed by atoms with Gasteiger partial charge in [0.15, 0.2) is 5.82 Å². The summed E-state index contributed by atoms with van der Waals surface area (Å²) in [6.45, 7) is 5.39. The Kier molecular flexibility index (Phi) is 27.6. The molecule has 2 aromatic heterocycles. The molecule has 6 saturated heterocycles. The molecule has 0 bridgehead atoms. The number of β-lactam (4-membered cyclic amide) rings is 2. The number of aromatic nitrogens is 8. The van der Waals surface area contributed by atoms with E-state index in [9.17, 15) is 77.3 Å². The Morgan fingerprint density at radius 1 is 0.570 bits per heavy atom. The quantitative estimate of drug-likeness (QED) is 0.0106. The van der Waals surface area contributed by atoms with Crippen molar-refractivity contribution in [3.8, 4) is 11.5 Å². The van der Waals surface area contributed by atoms with Gasteiger partial charge in [0, 0.05) is 108 Å². The summed E-state index contributed by atoms with van der Waals surface area (Å²) in [5.41, 5.74) is 0.268. The molecule has 4 aromatic rings. The van der Waals surface area contributed by atoms with E-state index in [0.717, 1.165) is 0 Å². The van der Waals surface area contributed by atoms with Crippen molar-refractivity contribution < 1.29 is 101 Å². The number of carbonyl (C=O) groups is 14. The lowest BCUT2D eigenvalue weighted by molar-refractivity contribution is -0.164. The first-order valence-electron chi connectivity index (χ1n) is 33.8. The van der Waals surface area contributed by atoms with Crippen molar-refractivity contribution >= 4 is 130 Å². The van der Waals surface area contributed by atoms with E-state index in [1.54, 1.807) is 27.9 Å². The molecule has 8 unspecified atom stereocenters. The molecule has 0 radical (unpaired) electrons. The van der Waals surface area contributed by atoms with Crippen molar-refractivity contribution in [3.63, 3.8) is 0 Å². The highest BCUT2D eigenvalue weighted by Gasteiger charge is 2.60. The number of nitrogens with one attached hydrogen (secondary N) is 6. The molecule has 10 rings (SSSR count). The SMILES string of the molecule is CCN1CCN(C(=O)NC(C(=O)N[C@H]2C(=O)N3C(C(=O)O)C(CSc4nnnn4C)CSC23)c2ccc(OC(=O)NCCCOCCOCCOCCCNC(=O)Oc3ccc(C(NC(=O)N4CCN(CC)C(=O)C4=O)C(=O)N[C@H]4C(=O)N5C(C(=O)O)C(SCc6nnnn6C)CSC45)cc3)cc2)C(=O)C1=O. The summed E-state index contributed by atoms with van der Waals surface area (Å²) in [6.07, 6.45) is -0.831. The van der Waals surface area contributed by atoms with Crippen LogP contribution in [0.5, 0.6) is 11.5 Å². The minimum atomic E-state index is -1.56. The predicted molar refractivity (Wildman–Crippen MR) is 373 cm³/mol. The fourth-order valence-corrected chi connectivity index (χ4v) is 17.6. The molecule has 8 N–H and O–H groups in total. The summed E-state index contributed by atoms with van der Waals surface area (Å²) in [5, 5.41) is 57.0. The van der Waals surface area contributed by atoms with Crippen LogP contribution < -0.4 is 41.4 Å². The van der Waals surface area contributed by atoms with E-state index in [2.05, 4.69) is 63.0 Å². The monoisotopic (exact) mass is 1570 g/mol. The first kappa shape index (κ1) is 79.6. The van der Waals surface area contributed by atoms with E-state index in [-0.39, 0.29) is 126 Å². The summed E-state index contributed by atoms with van der Waals surface area (Å²) < 4.78 is 30.5. The first-order valence-corrected chi connectivity index (χ1v) is 37.9. The molecule has 107 heavy (non-hydrogen) atoms. The van der Waals surface area contributed by atoms with Gasteiger partial charge in [0.2, 0.25) is 28.8 Å². The third kappa shape index (κ3) is 19.3. The highest BCUT2D eigenvalue weighted by atomic mass is 32.2. The number of amides is 14. The van der Waals surface area contributed by atoms with Gasteiger partial charge in [0.25, 0.3) is 0 Å². The molecule has 576 valence electrons. The summed E-state index contributed by atoms with van der Waals surface area (Å²) in [4.78, 5) is 191. The van der Waals surface area contributed by atoms with Gasteiger partial charge in [-0.1, -0.05) is 36.0 Å².